The molecular formula is C43H56N10O14. The number of amides is 8. The first-order valence-corrected chi connectivity index (χ1v) is 21.3. The number of fused-ring (bicyclic) bond motifs is 1. The van der Waals surface area contributed by atoms with Gasteiger partial charge in [0, 0.05) is 42.9 Å². The second-order valence-electron chi connectivity index (χ2n) is 16.0. The van der Waals surface area contributed by atoms with E-state index < -0.39 is 127 Å². The number of aromatic amines is 1. The van der Waals surface area contributed by atoms with Crippen LogP contribution in [0.2, 0.25) is 0 Å². The van der Waals surface area contributed by atoms with Crippen LogP contribution >= 0.6 is 0 Å². The fourth-order valence-electron chi connectivity index (χ4n) is 7.28. The van der Waals surface area contributed by atoms with E-state index in [1.807, 2.05) is 29.6 Å². The Labute approximate surface area is 382 Å². The summed E-state index contributed by atoms with van der Waals surface area (Å²) in [4.78, 5) is 133. The molecule has 1 aliphatic rings. The molecule has 3 aromatic rings. The Balaban J connectivity index is 1.51. The third kappa shape index (κ3) is 15.8. The minimum atomic E-state index is -1.69. The van der Waals surface area contributed by atoms with Gasteiger partial charge in [-0.15, -0.1) is 0 Å². The minimum absolute atomic E-state index is 0.0416. The molecule has 1 aromatic heterocycles. The van der Waals surface area contributed by atoms with Crippen LogP contribution in [-0.4, -0.2) is 151 Å². The number of H-pyrrole nitrogens is 1. The molecule has 2 heterocycles. The maximum Gasteiger partial charge on any atom is 0.322 e. The van der Waals surface area contributed by atoms with Crippen LogP contribution in [0.15, 0.2) is 54.7 Å². The van der Waals surface area contributed by atoms with Crippen molar-refractivity contribution in [3.05, 3.63) is 65.9 Å². The van der Waals surface area contributed by atoms with Crippen LogP contribution < -0.4 is 43.4 Å². The normalized spacial score (nSPS) is 16.0. The van der Waals surface area contributed by atoms with Crippen molar-refractivity contribution in [2.24, 2.45) is 11.5 Å². The second kappa shape index (κ2) is 24.6. The number of likely N-dealkylation sites (tertiary alicyclic amines) is 1. The van der Waals surface area contributed by atoms with Crippen molar-refractivity contribution in [1.82, 2.24) is 41.8 Å². The number of hydrogen-bond donors (Lipinski definition) is 13. The van der Waals surface area contributed by atoms with E-state index in [9.17, 15) is 63.3 Å². The number of aliphatic carboxylic acids is 2. The zero-order valence-electron chi connectivity index (χ0n) is 36.5. The average Bonchev–Trinajstić information content (AvgIpc) is 3.94. The van der Waals surface area contributed by atoms with Crippen molar-refractivity contribution in [3.8, 4) is 5.75 Å². The van der Waals surface area contributed by atoms with Crippen molar-refractivity contribution in [1.29, 1.82) is 0 Å². The standard InChI is InChI=1S/C43H56N10O14/c1-22(54)37(42(66)48-20-34(57)47-21-36(60)61)52-40(64)31(17-23-8-10-25(55)11-9-23)51-41(65)32-7-4-16-53(32)43(67)30(13-15-35(58)59)50-39(63)29(12-14-33(45)56)49-38(62)27(44)18-24-19-46-28-6-3-2-5-26(24)28/h2-3,5-6,8-11,19,22,27,29-32,37,46,54-55H,4,7,12-18,20-21,44H2,1H3,(H2,45,56)(H,47,57)(H,48,66)(H,49,62)(H,50,63)(H,51,65)(H,52,64)(H,58,59)(H,60,61). The summed E-state index contributed by atoms with van der Waals surface area (Å²) in [5.74, 6) is -9.96. The first kappa shape index (κ1) is 52.0. The van der Waals surface area contributed by atoms with Gasteiger partial charge in [-0.2, -0.15) is 0 Å². The molecule has 2 aromatic carbocycles. The number of aliphatic hydroxyl groups excluding tert-OH is 1. The van der Waals surface area contributed by atoms with E-state index in [0.29, 0.717) is 5.56 Å². The van der Waals surface area contributed by atoms with Crippen LogP contribution in [0.5, 0.6) is 5.75 Å². The van der Waals surface area contributed by atoms with Gasteiger partial charge in [-0.25, -0.2) is 0 Å². The number of carboxylic acids is 2. The summed E-state index contributed by atoms with van der Waals surface area (Å²) in [5.41, 5.74) is 13.5. The van der Waals surface area contributed by atoms with Crippen molar-refractivity contribution in [3.63, 3.8) is 0 Å². The Morgan fingerprint density at radius 1 is 0.761 bits per heavy atom. The Bertz CT molecular complexity index is 2300. The lowest BCUT2D eigenvalue weighted by atomic mass is 10.0. The number of nitrogens with zero attached hydrogens (tertiary/aromatic N) is 1. The molecule has 0 bridgehead atoms. The highest BCUT2D eigenvalue weighted by molar-refractivity contribution is 5.98. The summed E-state index contributed by atoms with van der Waals surface area (Å²) in [5, 5.41) is 53.5. The molecule has 4 rings (SSSR count). The Morgan fingerprint density at radius 3 is 2.07 bits per heavy atom. The third-order valence-electron chi connectivity index (χ3n) is 10.8. The predicted molar refractivity (Wildman–Crippen MR) is 235 cm³/mol. The van der Waals surface area contributed by atoms with Gasteiger partial charge in [0.15, 0.2) is 0 Å². The van der Waals surface area contributed by atoms with E-state index in [-0.39, 0.29) is 50.8 Å². The summed E-state index contributed by atoms with van der Waals surface area (Å²) in [7, 11) is 0. The lowest BCUT2D eigenvalue weighted by Gasteiger charge is -2.31. The van der Waals surface area contributed by atoms with E-state index in [1.54, 1.807) is 6.20 Å². The number of nitrogens with one attached hydrogen (secondary N) is 7. The van der Waals surface area contributed by atoms with E-state index >= 15 is 0 Å². The molecule has 0 radical (unpaired) electrons. The van der Waals surface area contributed by atoms with Crippen molar-refractivity contribution < 1.29 is 68.4 Å². The Morgan fingerprint density at radius 2 is 1.42 bits per heavy atom. The van der Waals surface area contributed by atoms with Gasteiger partial charge in [0.05, 0.1) is 18.7 Å². The average molecular weight is 937 g/mol. The van der Waals surface area contributed by atoms with Crippen LogP contribution in [0.3, 0.4) is 0 Å². The molecule has 67 heavy (non-hydrogen) atoms. The van der Waals surface area contributed by atoms with Crippen molar-refractivity contribution in [2.45, 2.75) is 101 Å². The number of rotatable bonds is 25. The molecule has 15 N–H and O–H groups in total. The number of para-hydroxylation sites is 1. The maximum absolute atomic E-state index is 14.3. The van der Waals surface area contributed by atoms with Gasteiger partial charge in [0.25, 0.3) is 0 Å². The smallest absolute Gasteiger partial charge is 0.322 e. The van der Waals surface area contributed by atoms with E-state index in [0.717, 1.165) is 21.4 Å². The number of carbonyl (C=O) groups is 10. The zero-order valence-corrected chi connectivity index (χ0v) is 36.5. The van der Waals surface area contributed by atoms with Crippen LogP contribution in [0, 0.1) is 0 Å². The highest BCUT2D eigenvalue weighted by Crippen LogP contribution is 2.22. The fourth-order valence-corrected chi connectivity index (χ4v) is 7.28. The molecule has 8 amide bonds. The van der Waals surface area contributed by atoms with Crippen LogP contribution in [0.4, 0.5) is 0 Å². The molecule has 0 saturated carbocycles. The van der Waals surface area contributed by atoms with Crippen LogP contribution in [-0.2, 0) is 60.8 Å². The fraction of sp³-hybridized carbons (Fsp3) is 0.442. The van der Waals surface area contributed by atoms with E-state index in [1.165, 1.54) is 31.2 Å². The van der Waals surface area contributed by atoms with Crippen molar-refractivity contribution >= 4 is 70.1 Å². The number of carbonyl (C=O) groups excluding carboxylic acids is 8. The van der Waals surface area contributed by atoms with Gasteiger partial charge >= 0.3 is 11.9 Å². The lowest BCUT2D eigenvalue weighted by Crippen LogP contribution is -2.60. The van der Waals surface area contributed by atoms with Gasteiger partial charge in [0.2, 0.25) is 47.3 Å². The first-order valence-electron chi connectivity index (χ1n) is 21.3. The zero-order chi connectivity index (χ0) is 49.4. The monoisotopic (exact) mass is 936 g/mol. The molecule has 362 valence electrons. The summed E-state index contributed by atoms with van der Waals surface area (Å²) >= 11 is 0. The number of nitrogens with two attached hydrogens (primary N) is 2. The molecule has 1 saturated heterocycles. The molecule has 7 unspecified atom stereocenters. The molecular weight excluding hydrogens is 881 g/mol. The van der Waals surface area contributed by atoms with Gasteiger partial charge in [-0.1, -0.05) is 30.3 Å². The largest absolute Gasteiger partial charge is 0.508 e. The summed E-state index contributed by atoms with van der Waals surface area (Å²) < 4.78 is 0. The van der Waals surface area contributed by atoms with E-state index in [4.69, 9.17) is 16.6 Å². The molecule has 24 nitrogen and oxygen atoms in total. The molecule has 7 atom stereocenters. The number of primary amides is 1. The van der Waals surface area contributed by atoms with Crippen LogP contribution in [0.25, 0.3) is 10.9 Å². The highest BCUT2D eigenvalue weighted by atomic mass is 16.4. The Hall–Kier alpha value is -7.60. The molecule has 1 aliphatic heterocycles. The number of phenolic OH excluding ortho intramolecular Hbond substituents is 1. The number of benzene rings is 2. The summed E-state index contributed by atoms with van der Waals surface area (Å²) in [6, 6.07) is 4.19. The van der Waals surface area contributed by atoms with Crippen LogP contribution in [0.1, 0.15) is 56.6 Å². The molecule has 1 fully saturated rings. The molecule has 0 spiro atoms. The third-order valence-corrected chi connectivity index (χ3v) is 10.8. The number of carboxylic acid groups (broad SMARTS) is 2. The van der Waals surface area contributed by atoms with Gasteiger partial charge in [-0.3, -0.25) is 47.9 Å². The van der Waals surface area contributed by atoms with E-state index in [2.05, 4.69) is 31.6 Å². The number of aromatic hydroxyl groups is 1. The molecule has 0 aliphatic carbocycles. The Kier molecular flexibility index (Phi) is 19.1. The highest BCUT2D eigenvalue weighted by Gasteiger charge is 2.40. The minimum Gasteiger partial charge on any atom is -0.508 e. The summed E-state index contributed by atoms with van der Waals surface area (Å²) in [6.07, 6.45) is -1.49. The van der Waals surface area contributed by atoms with Gasteiger partial charge < -0.3 is 73.7 Å². The topological polar surface area (TPSA) is 395 Å². The second-order valence-corrected chi connectivity index (χ2v) is 16.0. The summed E-state index contributed by atoms with van der Waals surface area (Å²) in [6.45, 7) is -0.311. The SMILES string of the molecule is CC(O)C(NC(=O)C(Cc1ccc(O)cc1)NC(=O)C1CCCN1C(=O)C(CCC(=O)O)NC(=O)C(CCC(N)=O)NC(=O)C(N)Cc1c[nH]c2ccccc12)C(=O)NCC(=O)NCC(=O)O. The number of hydrogen-bond acceptors (Lipinski definition) is 13. The lowest BCUT2D eigenvalue weighted by molar-refractivity contribution is -0.143. The number of aliphatic hydroxyl groups is 1. The van der Waals surface area contributed by atoms with Gasteiger partial charge in [-0.05, 0) is 68.4 Å². The maximum atomic E-state index is 14.3. The quantitative estimate of drug-likeness (QED) is 0.0397. The van der Waals surface area contributed by atoms with Gasteiger partial charge in [0.1, 0.15) is 42.5 Å². The van der Waals surface area contributed by atoms with Crippen molar-refractivity contribution in [2.75, 3.05) is 19.6 Å². The number of aromatic nitrogens is 1. The predicted octanol–water partition coefficient (Wildman–Crippen LogP) is -3.26. The first-order chi connectivity index (χ1) is 31.7. The number of phenols is 1. The molecule has 24 heteroatoms.